The van der Waals surface area contributed by atoms with Crippen LogP contribution >= 0.6 is 0 Å². The molecule has 5 heteroatoms. The summed E-state index contributed by atoms with van der Waals surface area (Å²) in [4.78, 5) is 16.1. The molecule has 1 fully saturated rings. The van der Waals surface area contributed by atoms with Gasteiger partial charge in [-0.1, -0.05) is 0 Å². The fourth-order valence-electron chi connectivity index (χ4n) is 2.00. The van der Waals surface area contributed by atoms with Gasteiger partial charge >= 0.3 is 0 Å². The van der Waals surface area contributed by atoms with E-state index in [-0.39, 0.29) is 5.91 Å². The van der Waals surface area contributed by atoms with Gasteiger partial charge in [0.05, 0.1) is 6.26 Å². The third kappa shape index (κ3) is 2.87. The van der Waals surface area contributed by atoms with Gasteiger partial charge in [-0.2, -0.15) is 0 Å². The molecule has 1 aromatic heterocycles. The summed E-state index contributed by atoms with van der Waals surface area (Å²) in [5, 5.41) is 3.23. The van der Waals surface area contributed by atoms with Crippen molar-refractivity contribution in [3.05, 3.63) is 23.7 Å². The van der Waals surface area contributed by atoms with E-state index in [0.717, 1.165) is 38.3 Å². The molecule has 1 N–H and O–H groups in total. The van der Waals surface area contributed by atoms with E-state index in [1.807, 2.05) is 30.0 Å². The second-order valence-corrected chi connectivity index (χ2v) is 4.55. The summed E-state index contributed by atoms with van der Waals surface area (Å²) in [6.07, 6.45) is 1.59. The van der Waals surface area contributed by atoms with Crippen LogP contribution in [0.15, 0.2) is 16.7 Å². The van der Waals surface area contributed by atoms with Crippen LogP contribution in [0.1, 0.15) is 16.1 Å². The number of nitrogens with one attached hydrogen (secondary N) is 1. The van der Waals surface area contributed by atoms with Crippen LogP contribution < -0.4 is 5.32 Å². The molecule has 0 saturated carbocycles. The van der Waals surface area contributed by atoms with Crippen molar-refractivity contribution in [3.8, 4) is 0 Å². The summed E-state index contributed by atoms with van der Waals surface area (Å²) < 4.78 is 5.34. The predicted molar refractivity (Wildman–Crippen MR) is 64.9 cm³/mol. The van der Waals surface area contributed by atoms with Crippen LogP contribution in [0.2, 0.25) is 0 Å². The van der Waals surface area contributed by atoms with Crippen molar-refractivity contribution < 1.29 is 9.21 Å². The molecule has 2 heterocycles. The molecule has 1 aromatic rings. The molecule has 0 radical (unpaired) electrons. The number of nitrogens with zero attached hydrogens (tertiary/aromatic N) is 2. The van der Waals surface area contributed by atoms with Crippen LogP contribution in [0.3, 0.4) is 0 Å². The van der Waals surface area contributed by atoms with E-state index in [0.29, 0.717) is 5.76 Å². The lowest BCUT2D eigenvalue weighted by atomic mass is 10.2. The molecule has 0 bridgehead atoms. The van der Waals surface area contributed by atoms with Crippen molar-refractivity contribution in [2.24, 2.45) is 0 Å². The minimum absolute atomic E-state index is 0.00773. The van der Waals surface area contributed by atoms with Gasteiger partial charge in [0.15, 0.2) is 5.76 Å². The lowest BCUT2D eigenvalue weighted by Crippen LogP contribution is -2.46. The second-order valence-electron chi connectivity index (χ2n) is 4.55. The number of rotatable bonds is 3. The van der Waals surface area contributed by atoms with Crippen molar-refractivity contribution in [1.82, 2.24) is 15.1 Å². The molecule has 0 aromatic carbocycles. The summed E-state index contributed by atoms with van der Waals surface area (Å²) in [6, 6.07) is 1.87. The molecule has 1 saturated heterocycles. The molecule has 0 spiro atoms. The zero-order valence-corrected chi connectivity index (χ0v) is 10.4. The van der Waals surface area contributed by atoms with Gasteiger partial charge in [-0.05, 0) is 20.2 Å². The molecular weight excluding hydrogens is 218 g/mol. The summed E-state index contributed by atoms with van der Waals surface area (Å²) >= 11 is 0. The van der Waals surface area contributed by atoms with Crippen LogP contribution in [0.25, 0.3) is 0 Å². The van der Waals surface area contributed by atoms with Crippen molar-refractivity contribution in [2.45, 2.75) is 6.54 Å². The summed E-state index contributed by atoms with van der Waals surface area (Å²) in [6.45, 7) is 3.94. The first-order valence-corrected chi connectivity index (χ1v) is 5.89. The van der Waals surface area contributed by atoms with Crippen molar-refractivity contribution in [2.75, 3.05) is 40.3 Å². The van der Waals surface area contributed by atoms with E-state index in [9.17, 15) is 4.79 Å². The van der Waals surface area contributed by atoms with Crippen LogP contribution in [0, 0.1) is 0 Å². The predicted octanol–water partition coefficient (Wildman–Crippen LogP) is 0.387. The Morgan fingerprint density at radius 2 is 2.18 bits per heavy atom. The molecule has 94 valence electrons. The lowest BCUT2D eigenvalue weighted by molar-refractivity contribution is 0.0701. The number of hydrogen-bond acceptors (Lipinski definition) is 4. The standard InChI is InChI=1S/C12H19N3O2/c1-14(2)9-10-3-8-17-11(10)12(16)15-6-4-13-5-7-15/h3,8,13H,4-7,9H2,1-2H3. The Kier molecular flexibility index (Phi) is 3.81. The molecule has 0 aliphatic carbocycles. The summed E-state index contributed by atoms with van der Waals surface area (Å²) in [7, 11) is 3.96. The molecule has 1 aliphatic heterocycles. The molecule has 1 amide bonds. The largest absolute Gasteiger partial charge is 0.459 e. The van der Waals surface area contributed by atoms with Gasteiger partial charge in [-0.15, -0.1) is 0 Å². The SMILES string of the molecule is CN(C)Cc1ccoc1C(=O)N1CCNCC1. The van der Waals surface area contributed by atoms with E-state index >= 15 is 0 Å². The van der Waals surface area contributed by atoms with Gasteiger partial charge in [0.1, 0.15) is 0 Å². The van der Waals surface area contributed by atoms with E-state index < -0.39 is 0 Å². The Labute approximate surface area is 101 Å². The summed E-state index contributed by atoms with van der Waals surface area (Å²) in [5.74, 6) is 0.494. The van der Waals surface area contributed by atoms with Crippen LogP contribution in [-0.2, 0) is 6.54 Å². The van der Waals surface area contributed by atoms with Gasteiger partial charge in [0.25, 0.3) is 5.91 Å². The van der Waals surface area contributed by atoms with Gasteiger partial charge in [-0.25, -0.2) is 0 Å². The summed E-state index contributed by atoms with van der Waals surface area (Å²) in [5.41, 5.74) is 0.957. The maximum atomic E-state index is 12.2. The fourth-order valence-corrected chi connectivity index (χ4v) is 2.00. The minimum Gasteiger partial charge on any atom is -0.459 e. The highest BCUT2D eigenvalue weighted by Gasteiger charge is 2.23. The Hall–Kier alpha value is -1.33. The van der Waals surface area contributed by atoms with E-state index in [2.05, 4.69) is 5.32 Å². The Morgan fingerprint density at radius 1 is 1.47 bits per heavy atom. The van der Waals surface area contributed by atoms with E-state index in [1.165, 1.54) is 0 Å². The quantitative estimate of drug-likeness (QED) is 0.826. The van der Waals surface area contributed by atoms with Gasteiger partial charge in [0.2, 0.25) is 0 Å². The first-order chi connectivity index (χ1) is 8.18. The third-order valence-electron chi connectivity index (χ3n) is 2.83. The van der Waals surface area contributed by atoms with Gasteiger partial charge < -0.3 is 19.5 Å². The first kappa shape index (κ1) is 12.1. The maximum absolute atomic E-state index is 12.2. The third-order valence-corrected chi connectivity index (χ3v) is 2.83. The highest BCUT2D eigenvalue weighted by Crippen LogP contribution is 2.15. The van der Waals surface area contributed by atoms with Crippen LogP contribution in [0.5, 0.6) is 0 Å². The Bertz CT molecular complexity index is 381. The minimum atomic E-state index is 0.00773. The highest BCUT2D eigenvalue weighted by atomic mass is 16.3. The second kappa shape index (κ2) is 5.33. The Balaban J connectivity index is 2.10. The lowest BCUT2D eigenvalue weighted by Gasteiger charge is -2.27. The van der Waals surface area contributed by atoms with Crippen molar-refractivity contribution in [1.29, 1.82) is 0 Å². The normalized spacial score (nSPS) is 16.5. The van der Waals surface area contributed by atoms with E-state index in [4.69, 9.17) is 4.42 Å². The molecular formula is C12H19N3O2. The number of amides is 1. The number of hydrogen-bond donors (Lipinski definition) is 1. The maximum Gasteiger partial charge on any atom is 0.289 e. The highest BCUT2D eigenvalue weighted by molar-refractivity contribution is 5.93. The first-order valence-electron chi connectivity index (χ1n) is 5.89. The number of carbonyl (C=O) groups is 1. The van der Waals surface area contributed by atoms with Crippen LogP contribution in [-0.4, -0.2) is 56.0 Å². The van der Waals surface area contributed by atoms with Crippen molar-refractivity contribution >= 4 is 5.91 Å². The number of piperazine rings is 1. The topological polar surface area (TPSA) is 48.7 Å². The number of carbonyl (C=O) groups excluding carboxylic acids is 1. The van der Waals surface area contributed by atoms with Crippen LogP contribution in [0.4, 0.5) is 0 Å². The van der Waals surface area contributed by atoms with Crippen molar-refractivity contribution in [3.63, 3.8) is 0 Å². The smallest absolute Gasteiger partial charge is 0.289 e. The van der Waals surface area contributed by atoms with Gasteiger partial charge in [-0.3, -0.25) is 4.79 Å². The van der Waals surface area contributed by atoms with E-state index in [1.54, 1.807) is 6.26 Å². The Morgan fingerprint density at radius 3 is 2.82 bits per heavy atom. The average Bonchev–Trinajstić information content (AvgIpc) is 2.76. The van der Waals surface area contributed by atoms with Gasteiger partial charge in [0, 0.05) is 38.3 Å². The fraction of sp³-hybridized carbons (Fsp3) is 0.583. The zero-order chi connectivity index (χ0) is 12.3. The molecule has 1 aliphatic rings. The average molecular weight is 237 g/mol. The molecule has 2 rings (SSSR count). The monoisotopic (exact) mass is 237 g/mol. The molecule has 5 nitrogen and oxygen atoms in total. The molecule has 0 unspecified atom stereocenters. The zero-order valence-electron chi connectivity index (χ0n) is 10.4. The molecule has 0 atom stereocenters. The molecule has 17 heavy (non-hydrogen) atoms. The number of furan rings is 1.